The minimum Gasteiger partial charge on any atom is -0.481 e. The van der Waals surface area contributed by atoms with E-state index in [4.69, 9.17) is 9.52 Å². The largest absolute Gasteiger partial charge is 0.481 e. The molecule has 0 aliphatic carbocycles. The SMILES string of the molecule is CC(C(=O)O)c1nc(-c2cc3ccccc3o2)cs1. The molecule has 0 aliphatic rings. The number of carboxylic acids is 1. The first-order valence-corrected chi connectivity index (χ1v) is 6.70. The number of thiazole rings is 1. The maximum Gasteiger partial charge on any atom is 0.313 e. The lowest BCUT2D eigenvalue weighted by Gasteiger charge is -1.99. The van der Waals surface area contributed by atoms with Crippen LogP contribution in [0.2, 0.25) is 0 Å². The highest BCUT2D eigenvalue weighted by Gasteiger charge is 2.19. The number of aliphatic carboxylic acids is 1. The Morgan fingerprint density at radius 2 is 2.21 bits per heavy atom. The molecule has 19 heavy (non-hydrogen) atoms. The summed E-state index contributed by atoms with van der Waals surface area (Å²) < 4.78 is 5.70. The van der Waals surface area contributed by atoms with Crippen LogP contribution in [-0.4, -0.2) is 16.1 Å². The summed E-state index contributed by atoms with van der Waals surface area (Å²) in [6, 6.07) is 9.64. The van der Waals surface area contributed by atoms with Crippen molar-refractivity contribution in [3.05, 3.63) is 40.7 Å². The smallest absolute Gasteiger partial charge is 0.313 e. The topological polar surface area (TPSA) is 63.3 Å². The minimum absolute atomic E-state index is 0.586. The maximum absolute atomic E-state index is 10.9. The Bertz CT molecular complexity index is 711. The van der Waals surface area contributed by atoms with Crippen molar-refractivity contribution in [1.29, 1.82) is 0 Å². The van der Waals surface area contributed by atoms with Crippen LogP contribution in [0.4, 0.5) is 0 Å². The summed E-state index contributed by atoms with van der Waals surface area (Å²) in [6.07, 6.45) is 0. The number of rotatable bonds is 3. The van der Waals surface area contributed by atoms with Gasteiger partial charge in [0.1, 0.15) is 22.2 Å². The Balaban J connectivity index is 2.00. The summed E-state index contributed by atoms with van der Waals surface area (Å²) >= 11 is 1.34. The van der Waals surface area contributed by atoms with Gasteiger partial charge in [-0.3, -0.25) is 4.79 Å². The molecular weight excluding hydrogens is 262 g/mol. The quantitative estimate of drug-likeness (QED) is 0.789. The van der Waals surface area contributed by atoms with E-state index in [9.17, 15) is 4.79 Å². The Hall–Kier alpha value is -2.14. The highest BCUT2D eigenvalue weighted by Crippen LogP contribution is 2.30. The molecule has 0 saturated heterocycles. The lowest BCUT2D eigenvalue weighted by atomic mass is 10.2. The standard InChI is InChI=1S/C14H11NO3S/c1-8(14(16)17)13-15-10(7-19-13)12-6-9-4-2-3-5-11(9)18-12/h2-8H,1H3,(H,16,17). The Kier molecular flexibility index (Phi) is 2.83. The highest BCUT2D eigenvalue weighted by molar-refractivity contribution is 7.10. The zero-order valence-corrected chi connectivity index (χ0v) is 11.0. The molecule has 96 valence electrons. The number of nitrogens with zero attached hydrogens (tertiary/aromatic N) is 1. The van der Waals surface area contributed by atoms with E-state index >= 15 is 0 Å². The van der Waals surface area contributed by atoms with Gasteiger partial charge in [0.25, 0.3) is 0 Å². The predicted molar refractivity (Wildman–Crippen MR) is 73.4 cm³/mol. The summed E-state index contributed by atoms with van der Waals surface area (Å²) in [5, 5.41) is 12.4. The molecule has 0 fully saturated rings. The number of furan rings is 1. The first-order valence-electron chi connectivity index (χ1n) is 5.82. The third kappa shape index (κ3) is 2.13. The van der Waals surface area contributed by atoms with Crippen molar-refractivity contribution in [2.75, 3.05) is 0 Å². The lowest BCUT2D eigenvalue weighted by molar-refractivity contribution is -0.138. The molecule has 2 heterocycles. The number of aromatic nitrogens is 1. The first kappa shape index (κ1) is 11.9. The van der Waals surface area contributed by atoms with E-state index in [2.05, 4.69) is 4.98 Å². The molecule has 3 aromatic rings. The van der Waals surface area contributed by atoms with Crippen LogP contribution in [0.1, 0.15) is 17.8 Å². The number of carboxylic acid groups (broad SMARTS) is 1. The molecule has 0 bridgehead atoms. The molecule has 5 heteroatoms. The van der Waals surface area contributed by atoms with Gasteiger partial charge in [-0.05, 0) is 19.1 Å². The first-order chi connectivity index (χ1) is 9.15. The fraction of sp³-hybridized carbons (Fsp3) is 0.143. The predicted octanol–water partition coefficient (Wildman–Crippen LogP) is 3.74. The number of hydrogen-bond donors (Lipinski definition) is 1. The van der Waals surface area contributed by atoms with Crippen molar-refractivity contribution in [3.8, 4) is 11.5 Å². The van der Waals surface area contributed by atoms with E-state index in [0.29, 0.717) is 16.5 Å². The van der Waals surface area contributed by atoms with E-state index in [0.717, 1.165) is 11.0 Å². The fourth-order valence-electron chi connectivity index (χ4n) is 1.81. The van der Waals surface area contributed by atoms with Gasteiger partial charge >= 0.3 is 5.97 Å². The summed E-state index contributed by atoms with van der Waals surface area (Å²) in [6.45, 7) is 1.63. The highest BCUT2D eigenvalue weighted by atomic mass is 32.1. The Morgan fingerprint density at radius 3 is 2.95 bits per heavy atom. The van der Waals surface area contributed by atoms with Gasteiger partial charge in [-0.2, -0.15) is 0 Å². The Morgan fingerprint density at radius 1 is 1.42 bits per heavy atom. The van der Waals surface area contributed by atoms with Gasteiger partial charge in [-0.1, -0.05) is 18.2 Å². The number of carbonyl (C=O) groups is 1. The van der Waals surface area contributed by atoms with Crippen molar-refractivity contribution < 1.29 is 14.3 Å². The van der Waals surface area contributed by atoms with E-state index < -0.39 is 11.9 Å². The molecule has 0 spiro atoms. The molecule has 0 radical (unpaired) electrons. The average molecular weight is 273 g/mol. The molecule has 1 unspecified atom stereocenters. The summed E-state index contributed by atoms with van der Waals surface area (Å²) in [7, 11) is 0. The van der Waals surface area contributed by atoms with Gasteiger partial charge in [-0.25, -0.2) is 4.98 Å². The van der Waals surface area contributed by atoms with Crippen LogP contribution >= 0.6 is 11.3 Å². The van der Waals surface area contributed by atoms with Gasteiger partial charge in [-0.15, -0.1) is 11.3 Å². The van der Waals surface area contributed by atoms with Crippen LogP contribution in [-0.2, 0) is 4.79 Å². The molecular formula is C14H11NO3S. The summed E-state index contributed by atoms with van der Waals surface area (Å²) in [5.41, 5.74) is 1.49. The van der Waals surface area contributed by atoms with Gasteiger partial charge < -0.3 is 9.52 Å². The molecule has 0 saturated carbocycles. The number of benzene rings is 1. The van der Waals surface area contributed by atoms with Crippen LogP contribution in [0.25, 0.3) is 22.4 Å². The van der Waals surface area contributed by atoms with E-state index in [-0.39, 0.29) is 0 Å². The third-order valence-electron chi connectivity index (χ3n) is 2.94. The van der Waals surface area contributed by atoms with Gasteiger partial charge in [0, 0.05) is 10.8 Å². The van der Waals surface area contributed by atoms with Crippen LogP contribution in [0.15, 0.2) is 40.1 Å². The van der Waals surface area contributed by atoms with Crippen molar-refractivity contribution >= 4 is 28.3 Å². The molecule has 4 nitrogen and oxygen atoms in total. The van der Waals surface area contributed by atoms with Crippen LogP contribution in [0.3, 0.4) is 0 Å². The molecule has 1 atom stereocenters. The third-order valence-corrected chi connectivity index (χ3v) is 3.97. The molecule has 3 rings (SSSR count). The molecule has 1 aromatic carbocycles. The normalized spacial score (nSPS) is 12.7. The van der Waals surface area contributed by atoms with Gasteiger partial charge in [0.15, 0.2) is 5.76 Å². The van der Waals surface area contributed by atoms with Crippen molar-refractivity contribution in [3.63, 3.8) is 0 Å². The van der Waals surface area contributed by atoms with Gasteiger partial charge in [0.2, 0.25) is 0 Å². The number of hydrogen-bond acceptors (Lipinski definition) is 4. The average Bonchev–Trinajstić information content (AvgIpc) is 3.03. The molecule has 0 amide bonds. The summed E-state index contributed by atoms with van der Waals surface area (Å²) in [4.78, 5) is 15.3. The second-order valence-electron chi connectivity index (χ2n) is 4.28. The van der Waals surface area contributed by atoms with Crippen LogP contribution < -0.4 is 0 Å². The van der Waals surface area contributed by atoms with Crippen LogP contribution in [0, 0.1) is 0 Å². The maximum atomic E-state index is 10.9. The van der Waals surface area contributed by atoms with E-state index in [1.807, 2.05) is 35.7 Å². The van der Waals surface area contributed by atoms with E-state index in [1.165, 1.54) is 11.3 Å². The monoisotopic (exact) mass is 273 g/mol. The molecule has 2 aromatic heterocycles. The molecule has 0 aliphatic heterocycles. The van der Waals surface area contributed by atoms with E-state index in [1.54, 1.807) is 6.92 Å². The van der Waals surface area contributed by atoms with Crippen molar-refractivity contribution in [2.45, 2.75) is 12.8 Å². The lowest BCUT2D eigenvalue weighted by Crippen LogP contribution is -2.06. The minimum atomic E-state index is -0.870. The molecule has 1 N–H and O–H groups in total. The zero-order chi connectivity index (χ0) is 13.4. The van der Waals surface area contributed by atoms with Crippen LogP contribution in [0.5, 0.6) is 0 Å². The number of para-hydroxylation sites is 1. The van der Waals surface area contributed by atoms with Gasteiger partial charge in [0.05, 0.1) is 0 Å². The number of fused-ring (bicyclic) bond motifs is 1. The Labute approximate surface area is 113 Å². The fourth-order valence-corrected chi connectivity index (χ4v) is 2.67. The van der Waals surface area contributed by atoms with Crippen molar-refractivity contribution in [2.24, 2.45) is 0 Å². The second-order valence-corrected chi connectivity index (χ2v) is 5.17. The second kappa shape index (κ2) is 4.51. The zero-order valence-electron chi connectivity index (χ0n) is 10.2. The summed E-state index contributed by atoms with van der Waals surface area (Å²) in [5.74, 6) is -0.796. The van der Waals surface area contributed by atoms with Crippen molar-refractivity contribution in [1.82, 2.24) is 4.98 Å².